The van der Waals surface area contributed by atoms with Crippen LogP contribution in [0.25, 0.3) is 0 Å². The number of benzene rings is 1. The third-order valence-corrected chi connectivity index (χ3v) is 5.02. The Hall–Kier alpha value is -0.870. The summed E-state index contributed by atoms with van der Waals surface area (Å²) in [6.07, 6.45) is 6.68. The van der Waals surface area contributed by atoms with Crippen LogP contribution >= 0.6 is 0 Å². The highest BCUT2D eigenvalue weighted by Crippen LogP contribution is 2.21. The van der Waals surface area contributed by atoms with Gasteiger partial charge in [-0.15, -0.1) is 0 Å². The summed E-state index contributed by atoms with van der Waals surface area (Å²) in [5, 5.41) is 0. The Kier molecular flexibility index (Phi) is 7.24. The highest BCUT2D eigenvalue weighted by Gasteiger charge is 2.19. The smallest absolute Gasteiger partial charge is 0.266 e. The fourth-order valence-electron chi connectivity index (χ4n) is 2.30. The summed E-state index contributed by atoms with van der Waals surface area (Å²) < 4.78 is 29.5. The fraction of sp³-hybridized carbons (Fsp3) is 0.625. The van der Waals surface area contributed by atoms with Crippen LogP contribution in [-0.2, 0) is 14.3 Å². The van der Waals surface area contributed by atoms with Crippen LogP contribution < -0.4 is 0 Å². The van der Waals surface area contributed by atoms with Crippen molar-refractivity contribution in [2.24, 2.45) is 0 Å². The Bertz CT molecular complexity index is 486. The zero-order chi connectivity index (χ0) is 15.0. The van der Waals surface area contributed by atoms with Gasteiger partial charge in [-0.2, -0.15) is 8.42 Å². The average Bonchev–Trinajstić information content (AvgIpc) is 2.37. The molecule has 0 aliphatic rings. The minimum Gasteiger partial charge on any atom is -0.266 e. The lowest BCUT2D eigenvalue weighted by atomic mass is 10.1. The maximum Gasteiger partial charge on any atom is 0.297 e. The molecule has 114 valence electrons. The first-order chi connectivity index (χ1) is 9.49. The van der Waals surface area contributed by atoms with Gasteiger partial charge in [0.05, 0.1) is 11.5 Å². The van der Waals surface area contributed by atoms with E-state index in [0.29, 0.717) is 4.90 Å². The topological polar surface area (TPSA) is 43.4 Å². The first-order valence-corrected chi connectivity index (χ1v) is 8.85. The van der Waals surface area contributed by atoms with E-state index in [9.17, 15) is 8.42 Å². The lowest BCUT2D eigenvalue weighted by Crippen LogP contribution is -2.10. The Morgan fingerprint density at radius 2 is 1.50 bits per heavy atom. The number of hydrogen-bond acceptors (Lipinski definition) is 3. The van der Waals surface area contributed by atoms with Crippen LogP contribution in [0.15, 0.2) is 23.1 Å². The lowest BCUT2D eigenvalue weighted by molar-refractivity contribution is 0.306. The number of rotatable bonds is 9. The second kappa shape index (κ2) is 8.42. The normalized spacial score (nSPS) is 11.8. The maximum atomic E-state index is 12.2. The van der Waals surface area contributed by atoms with Crippen LogP contribution in [-0.4, -0.2) is 15.0 Å². The molecule has 0 saturated carbocycles. The molecule has 4 heteroatoms. The predicted octanol–water partition coefficient (Wildman–Crippen LogP) is 4.37. The van der Waals surface area contributed by atoms with Gasteiger partial charge in [0, 0.05) is 0 Å². The SMILES string of the molecule is CCCCCCCCOS(=O)(=O)c1c(C)cccc1C. The van der Waals surface area contributed by atoms with Gasteiger partial charge in [-0.25, -0.2) is 0 Å². The van der Waals surface area contributed by atoms with Gasteiger partial charge in [0.2, 0.25) is 0 Å². The molecule has 20 heavy (non-hydrogen) atoms. The molecule has 0 aliphatic heterocycles. The largest absolute Gasteiger partial charge is 0.297 e. The monoisotopic (exact) mass is 298 g/mol. The Balaban J connectivity index is 2.46. The molecule has 0 saturated heterocycles. The summed E-state index contributed by atoms with van der Waals surface area (Å²) in [7, 11) is -3.62. The molecule has 0 aliphatic carbocycles. The molecule has 0 N–H and O–H groups in total. The van der Waals surface area contributed by atoms with Gasteiger partial charge < -0.3 is 0 Å². The van der Waals surface area contributed by atoms with Crippen LogP contribution in [0.3, 0.4) is 0 Å². The van der Waals surface area contributed by atoms with Crippen LogP contribution in [0.1, 0.15) is 56.6 Å². The molecular formula is C16H26O3S. The maximum absolute atomic E-state index is 12.2. The van der Waals surface area contributed by atoms with Crippen molar-refractivity contribution < 1.29 is 12.6 Å². The molecule has 0 fully saturated rings. The zero-order valence-electron chi connectivity index (χ0n) is 12.8. The zero-order valence-corrected chi connectivity index (χ0v) is 13.6. The fourth-order valence-corrected chi connectivity index (χ4v) is 3.68. The molecular weight excluding hydrogens is 272 g/mol. The number of aryl methyl sites for hydroxylation is 2. The molecule has 0 radical (unpaired) electrons. The molecule has 0 atom stereocenters. The summed E-state index contributed by atoms with van der Waals surface area (Å²) >= 11 is 0. The Morgan fingerprint density at radius 1 is 0.950 bits per heavy atom. The third-order valence-electron chi connectivity index (χ3n) is 3.40. The van der Waals surface area contributed by atoms with Gasteiger partial charge in [0.15, 0.2) is 0 Å². The minimum absolute atomic E-state index is 0.280. The van der Waals surface area contributed by atoms with Crippen molar-refractivity contribution in [1.29, 1.82) is 0 Å². The first-order valence-electron chi connectivity index (χ1n) is 7.44. The summed E-state index contributed by atoms with van der Waals surface area (Å²) in [5.74, 6) is 0. The van der Waals surface area contributed by atoms with Crippen molar-refractivity contribution >= 4 is 10.1 Å². The van der Waals surface area contributed by atoms with Gasteiger partial charge >= 0.3 is 0 Å². The second-order valence-corrected chi connectivity index (χ2v) is 6.82. The van der Waals surface area contributed by atoms with E-state index >= 15 is 0 Å². The quantitative estimate of drug-likeness (QED) is 0.502. The lowest BCUT2D eigenvalue weighted by Gasteiger charge is -2.10. The highest BCUT2D eigenvalue weighted by molar-refractivity contribution is 7.86. The summed E-state index contributed by atoms with van der Waals surface area (Å²) in [6, 6.07) is 5.46. The molecule has 0 unspecified atom stereocenters. The van der Waals surface area contributed by atoms with Gasteiger partial charge in [-0.05, 0) is 31.4 Å². The van der Waals surface area contributed by atoms with Gasteiger partial charge in [0.1, 0.15) is 0 Å². The van der Waals surface area contributed by atoms with Gasteiger partial charge in [-0.1, -0.05) is 57.2 Å². The third kappa shape index (κ3) is 5.25. The molecule has 0 bridgehead atoms. The van der Waals surface area contributed by atoms with Crippen molar-refractivity contribution in [1.82, 2.24) is 0 Å². The van der Waals surface area contributed by atoms with Crippen LogP contribution in [0.5, 0.6) is 0 Å². The molecule has 0 amide bonds. The molecule has 0 heterocycles. The highest BCUT2D eigenvalue weighted by atomic mass is 32.2. The molecule has 1 aromatic carbocycles. The van der Waals surface area contributed by atoms with E-state index < -0.39 is 10.1 Å². The summed E-state index contributed by atoms with van der Waals surface area (Å²) in [4.78, 5) is 0.325. The molecule has 0 spiro atoms. The Morgan fingerprint density at radius 3 is 2.10 bits per heavy atom. The van der Waals surface area contributed by atoms with E-state index in [1.54, 1.807) is 26.0 Å². The van der Waals surface area contributed by atoms with E-state index in [-0.39, 0.29) is 6.61 Å². The van der Waals surface area contributed by atoms with E-state index in [1.807, 2.05) is 6.07 Å². The molecule has 1 aromatic rings. The van der Waals surface area contributed by atoms with Crippen molar-refractivity contribution in [3.8, 4) is 0 Å². The van der Waals surface area contributed by atoms with Crippen molar-refractivity contribution in [3.05, 3.63) is 29.3 Å². The summed E-state index contributed by atoms with van der Waals surface area (Å²) in [6.45, 7) is 6.06. The van der Waals surface area contributed by atoms with Gasteiger partial charge in [0.25, 0.3) is 10.1 Å². The van der Waals surface area contributed by atoms with Crippen LogP contribution in [0.4, 0.5) is 0 Å². The molecule has 0 aromatic heterocycles. The van der Waals surface area contributed by atoms with Crippen molar-refractivity contribution in [3.63, 3.8) is 0 Å². The van der Waals surface area contributed by atoms with Crippen molar-refractivity contribution in [2.45, 2.75) is 64.2 Å². The van der Waals surface area contributed by atoms with Crippen molar-refractivity contribution in [2.75, 3.05) is 6.61 Å². The van der Waals surface area contributed by atoms with Crippen LogP contribution in [0, 0.1) is 13.8 Å². The summed E-state index contributed by atoms with van der Waals surface area (Å²) in [5.41, 5.74) is 1.49. The van der Waals surface area contributed by atoms with E-state index in [0.717, 1.165) is 30.4 Å². The molecule has 1 rings (SSSR count). The second-order valence-electron chi connectivity index (χ2n) is 5.26. The number of unbranched alkanes of at least 4 members (excludes halogenated alkanes) is 5. The van der Waals surface area contributed by atoms with E-state index in [1.165, 1.54) is 19.3 Å². The van der Waals surface area contributed by atoms with E-state index in [2.05, 4.69) is 6.92 Å². The first kappa shape index (κ1) is 17.2. The van der Waals surface area contributed by atoms with Gasteiger partial charge in [-0.3, -0.25) is 4.18 Å². The average molecular weight is 298 g/mol. The standard InChI is InChI=1S/C16H26O3S/c1-4-5-6-7-8-9-13-19-20(17,18)16-14(2)11-10-12-15(16)3/h10-12H,4-9,13H2,1-3H3. The van der Waals surface area contributed by atoms with Crippen LogP contribution in [0.2, 0.25) is 0 Å². The minimum atomic E-state index is -3.62. The van der Waals surface area contributed by atoms with E-state index in [4.69, 9.17) is 4.18 Å². The number of hydrogen-bond donors (Lipinski definition) is 0. The molecule has 3 nitrogen and oxygen atoms in total. The predicted molar refractivity (Wildman–Crippen MR) is 82.4 cm³/mol. The Labute approximate surface area is 123 Å².